The summed E-state index contributed by atoms with van der Waals surface area (Å²) < 4.78 is 5.44. The average molecular weight is 189 g/mol. The predicted octanol–water partition coefficient (Wildman–Crippen LogP) is 2.71. The number of furan rings is 1. The van der Waals surface area contributed by atoms with Gasteiger partial charge in [0.1, 0.15) is 5.58 Å². The van der Waals surface area contributed by atoms with Gasteiger partial charge in [-0.1, -0.05) is 18.2 Å². The van der Waals surface area contributed by atoms with E-state index in [2.05, 4.69) is 6.07 Å². The Morgan fingerprint density at radius 2 is 2.14 bits per heavy atom. The van der Waals surface area contributed by atoms with E-state index < -0.39 is 0 Å². The molecule has 0 radical (unpaired) electrons. The van der Waals surface area contributed by atoms with E-state index in [0.717, 1.165) is 18.4 Å². The van der Waals surface area contributed by atoms with Crippen LogP contribution in [-0.4, -0.2) is 6.04 Å². The van der Waals surface area contributed by atoms with E-state index in [4.69, 9.17) is 10.2 Å². The number of nitrogens with two attached hydrogens (primary N) is 1. The first-order chi connectivity index (χ1) is 6.77. The second-order valence-corrected chi connectivity index (χ2v) is 3.77. The summed E-state index contributed by atoms with van der Waals surface area (Å²) in [5.74, 6) is 0. The Hall–Kier alpha value is -1.28. The van der Waals surface area contributed by atoms with Gasteiger partial charge < -0.3 is 10.2 Å². The SMILES string of the molecule is CC(N)CCc1coc2ccccc12. The molecule has 0 saturated heterocycles. The van der Waals surface area contributed by atoms with E-state index in [0.29, 0.717) is 0 Å². The predicted molar refractivity (Wildman–Crippen MR) is 58.2 cm³/mol. The van der Waals surface area contributed by atoms with Crippen LogP contribution in [0.2, 0.25) is 0 Å². The first-order valence-corrected chi connectivity index (χ1v) is 4.98. The van der Waals surface area contributed by atoms with Gasteiger partial charge in [-0.25, -0.2) is 0 Å². The Morgan fingerprint density at radius 3 is 2.93 bits per heavy atom. The molecular formula is C12H15NO. The first-order valence-electron chi connectivity index (χ1n) is 4.98. The third kappa shape index (κ3) is 1.80. The minimum Gasteiger partial charge on any atom is -0.464 e. The first kappa shape index (κ1) is 9.28. The Morgan fingerprint density at radius 1 is 1.36 bits per heavy atom. The highest BCUT2D eigenvalue weighted by molar-refractivity contribution is 5.80. The van der Waals surface area contributed by atoms with E-state index in [-0.39, 0.29) is 6.04 Å². The lowest BCUT2D eigenvalue weighted by Crippen LogP contribution is -2.15. The molecule has 2 aromatic rings. The van der Waals surface area contributed by atoms with E-state index in [9.17, 15) is 0 Å². The van der Waals surface area contributed by atoms with Crippen LogP contribution in [-0.2, 0) is 6.42 Å². The molecule has 0 aliphatic rings. The fourth-order valence-electron chi connectivity index (χ4n) is 1.61. The molecule has 0 bridgehead atoms. The number of fused-ring (bicyclic) bond motifs is 1. The van der Waals surface area contributed by atoms with Gasteiger partial charge in [0.25, 0.3) is 0 Å². The molecule has 2 N–H and O–H groups in total. The van der Waals surface area contributed by atoms with E-state index in [1.54, 1.807) is 0 Å². The highest BCUT2D eigenvalue weighted by Gasteiger charge is 2.05. The van der Waals surface area contributed by atoms with E-state index >= 15 is 0 Å². The molecule has 1 atom stereocenters. The van der Waals surface area contributed by atoms with Crippen LogP contribution in [0.4, 0.5) is 0 Å². The fourth-order valence-corrected chi connectivity index (χ4v) is 1.61. The maximum absolute atomic E-state index is 5.72. The number of aryl methyl sites for hydroxylation is 1. The minimum atomic E-state index is 0.253. The molecule has 2 rings (SSSR count). The van der Waals surface area contributed by atoms with Crippen molar-refractivity contribution in [2.45, 2.75) is 25.8 Å². The van der Waals surface area contributed by atoms with Crippen molar-refractivity contribution in [3.63, 3.8) is 0 Å². The summed E-state index contributed by atoms with van der Waals surface area (Å²) in [5.41, 5.74) is 7.95. The fraction of sp³-hybridized carbons (Fsp3) is 0.333. The van der Waals surface area contributed by atoms with Gasteiger partial charge >= 0.3 is 0 Å². The Bertz CT molecular complexity index is 417. The molecule has 0 aliphatic heterocycles. The summed E-state index contributed by atoms with van der Waals surface area (Å²) in [7, 11) is 0. The zero-order valence-corrected chi connectivity index (χ0v) is 8.36. The van der Waals surface area contributed by atoms with Crippen LogP contribution >= 0.6 is 0 Å². The second kappa shape index (κ2) is 3.84. The number of para-hydroxylation sites is 1. The molecule has 2 nitrogen and oxygen atoms in total. The van der Waals surface area contributed by atoms with Crippen molar-refractivity contribution in [1.29, 1.82) is 0 Å². The number of hydrogen-bond acceptors (Lipinski definition) is 2. The zero-order chi connectivity index (χ0) is 9.97. The monoisotopic (exact) mass is 189 g/mol. The Labute approximate surface area is 83.7 Å². The van der Waals surface area contributed by atoms with Crippen LogP contribution in [0.3, 0.4) is 0 Å². The third-order valence-electron chi connectivity index (χ3n) is 2.43. The maximum atomic E-state index is 5.72. The van der Waals surface area contributed by atoms with Crippen molar-refractivity contribution in [3.05, 3.63) is 36.1 Å². The molecule has 1 heterocycles. The van der Waals surface area contributed by atoms with Gasteiger partial charge in [-0.15, -0.1) is 0 Å². The van der Waals surface area contributed by atoms with Crippen LogP contribution in [0.1, 0.15) is 18.9 Å². The molecule has 1 aromatic carbocycles. The van der Waals surface area contributed by atoms with Crippen molar-refractivity contribution in [2.75, 3.05) is 0 Å². The lowest BCUT2D eigenvalue weighted by atomic mass is 10.1. The van der Waals surface area contributed by atoms with Crippen molar-refractivity contribution < 1.29 is 4.42 Å². The molecule has 0 fully saturated rings. The molecule has 0 spiro atoms. The quantitative estimate of drug-likeness (QED) is 0.806. The van der Waals surface area contributed by atoms with E-state index in [1.165, 1.54) is 10.9 Å². The van der Waals surface area contributed by atoms with Crippen LogP contribution < -0.4 is 5.73 Å². The lowest BCUT2D eigenvalue weighted by molar-refractivity contribution is 0.603. The zero-order valence-electron chi connectivity index (χ0n) is 8.36. The van der Waals surface area contributed by atoms with Crippen LogP contribution in [0.15, 0.2) is 34.9 Å². The minimum absolute atomic E-state index is 0.253. The average Bonchev–Trinajstić information content (AvgIpc) is 2.58. The topological polar surface area (TPSA) is 39.2 Å². The smallest absolute Gasteiger partial charge is 0.134 e. The molecule has 0 aliphatic carbocycles. The van der Waals surface area contributed by atoms with Crippen molar-refractivity contribution >= 4 is 11.0 Å². The van der Waals surface area contributed by atoms with Crippen LogP contribution in [0.5, 0.6) is 0 Å². The number of benzene rings is 1. The number of hydrogen-bond donors (Lipinski definition) is 1. The largest absolute Gasteiger partial charge is 0.464 e. The highest BCUT2D eigenvalue weighted by Crippen LogP contribution is 2.21. The third-order valence-corrected chi connectivity index (χ3v) is 2.43. The van der Waals surface area contributed by atoms with Gasteiger partial charge in [-0.2, -0.15) is 0 Å². The molecule has 1 aromatic heterocycles. The van der Waals surface area contributed by atoms with E-state index in [1.807, 2.05) is 31.4 Å². The second-order valence-electron chi connectivity index (χ2n) is 3.77. The lowest BCUT2D eigenvalue weighted by Gasteiger charge is -2.02. The Kier molecular flexibility index (Phi) is 2.55. The maximum Gasteiger partial charge on any atom is 0.134 e. The molecular weight excluding hydrogens is 174 g/mol. The van der Waals surface area contributed by atoms with Gasteiger partial charge in [0.2, 0.25) is 0 Å². The summed E-state index contributed by atoms with van der Waals surface area (Å²) in [6.07, 6.45) is 3.84. The molecule has 0 saturated carbocycles. The standard InChI is InChI=1S/C12H15NO/c1-9(13)6-7-10-8-14-12-5-3-2-4-11(10)12/h2-5,8-9H,6-7,13H2,1H3. The molecule has 2 heteroatoms. The van der Waals surface area contributed by atoms with Gasteiger partial charge in [0, 0.05) is 11.4 Å². The van der Waals surface area contributed by atoms with Gasteiger partial charge in [0.05, 0.1) is 6.26 Å². The normalized spacial score (nSPS) is 13.3. The summed E-state index contributed by atoms with van der Waals surface area (Å²) in [6.45, 7) is 2.03. The van der Waals surface area contributed by atoms with Crippen molar-refractivity contribution in [2.24, 2.45) is 5.73 Å². The number of rotatable bonds is 3. The Balaban J connectivity index is 2.25. The van der Waals surface area contributed by atoms with Crippen molar-refractivity contribution in [3.8, 4) is 0 Å². The van der Waals surface area contributed by atoms with Gasteiger partial charge in [-0.05, 0) is 31.4 Å². The van der Waals surface area contributed by atoms with Crippen LogP contribution in [0, 0.1) is 0 Å². The molecule has 14 heavy (non-hydrogen) atoms. The summed E-state index contributed by atoms with van der Waals surface area (Å²) in [6, 6.07) is 8.36. The van der Waals surface area contributed by atoms with Gasteiger partial charge in [0.15, 0.2) is 0 Å². The summed E-state index contributed by atoms with van der Waals surface area (Å²) in [5, 5.41) is 1.22. The van der Waals surface area contributed by atoms with Crippen molar-refractivity contribution in [1.82, 2.24) is 0 Å². The van der Waals surface area contributed by atoms with Gasteiger partial charge in [-0.3, -0.25) is 0 Å². The summed E-state index contributed by atoms with van der Waals surface area (Å²) >= 11 is 0. The summed E-state index contributed by atoms with van der Waals surface area (Å²) in [4.78, 5) is 0. The molecule has 74 valence electrons. The molecule has 0 amide bonds. The molecule has 1 unspecified atom stereocenters. The highest BCUT2D eigenvalue weighted by atomic mass is 16.3. The van der Waals surface area contributed by atoms with Crippen LogP contribution in [0.25, 0.3) is 11.0 Å².